The highest BCUT2D eigenvalue weighted by atomic mass is 31.2. The SMILES string of the molecule is O=[N+]([O-])c1ccc(N2CCN(c3ccc([N+](=O)[O-])cc3)P2O)cc1. The van der Waals surface area contributed by atoms with Crippen molar-refractivity contribution in [2.45, 2.75) is 0 Å². The normalized spacial score (nSPS) is 14.9. The molecule has 1 N–H and O–H groups in total. The molecule has 0 aromatic heterocycles. The highest BCUT2D eigenvalue weighted by Crippen LogP contribution is 2.50. The molecule has 0 bridgehead atoms. The van der Waals surface area contributed by atoms with Crippen molar-refractivity contribution >= 4 is 31.2 Å². The van der Waals surface area contributed by atoms with E-state index in [2.05, 4.69) is 0 Å². The Balaban J connectivity index is 1.78. The number of anilines is 2. The molecule has 0 aliphatic carbocycles. The fourth-order valence-electron chi connectivity index (χ4n) is 2.46. The number of nitrogens with zero attached hydrogens (tertiary/aromatic N) is 4. The molecule has 9 nitrogen and oxygen atoms in total. The van der Waals surface area contributed by atoms with Crippen LogP contribution in [0.15, 0.2) is 48.5 Å². The van der Waals surface area contributed by atoms with Crippen LogP contribution in [0, 0.1) is 20.2 Å². The van der Waals surface area contributed by atoms with E-state index in [4.69, 9.17) is 0 Å². The van der Waals surface area contributed by atoms with E-state index >= 15 is 0 Å². The summed E-state index contributed by atoms with van der Waals surface area (Å²) in [6.07, 6.45) is 0. The molecule has 1 heterocycles. The van der Waals surface area contributed by atoms with E-state index in [1.54, 1.807) is 33.6 Å². The molecule has 0 amide bonds. The average molecular weight is 348 g/mol. The van der Waals surface area contributed by atoms with Gasteiger partial charge in [0, 0.05) is 48.7 Å². The minimum Gasteiger partial charge on any atom is -0.338 e. The van der Waals surface area contributed by atoms with Crippen LogP contribution < -0.4 is 9.34 Å². The Kier molecular flexibility index (Phi) is 4.28. The summed E-state index contributed by atoms with van der Waals surface area (Å²) in [7, 11) is -1.67. The zero-order valence-electron chi connectivity index (χ0n) is 12.3. The fraction of sp³-hybridized carbons (Fsp3) is 0.143. The van der Waals surface area contributed by atoms with Crippen LogP contribution in [0.2, 0.25) is 0 Å². The molecule has 1 aliphatic heterocycles. The summed E-state index contributed by atoms with van der Waals surface area (Å²) in [5.41, 5.74) is 1.37. The Morgan fingerprint density at radius 2 is 1.12 bits per heavy atom. The van der Waals surface area contributed by atoms with Crippen molar-refractivity contribution in [3.63, 3.8) is 0 Å². The van der Waals surface area contributed by atoms with Gasteiger partial charge in [0.15, 0.2) is 0 Å². The number of hydrogen-bond acceptors (Lipinski definition) is 7. The maximum absolute atomic E-state index is 10.7. The van der Waals surface area contributed by atoms with E-state index in [1.165, 1.54) is 24.3 Å². The molecule has 124 valence electrons. The quantitative estimate of drug-likeness (QED) is 0.513. The van der Waals surface area contributed by atoms with Crippen LogP contribution in [0.5, 0.6) is 0 Å². The molecule has 2 aromatic carbocycles. The fourth-order valence-corrected chi connectivity index (χ4v) is 3.93. The highest BCUT2D eigenvalue weighted by molar-refractivity contribution is 7.55. The molecular formula is C14H13N4O5P. The minimum atomic E-state index is -1.67. The lowest BCUT2D eigenvalue weighted by molar-refractivity contribution is -0.385. The van der Waals surface area contributed by atoms with Gasteiger partial charge in [0.2, 0.25) is 8.45 Å². The van der Waals surface area contributed by atoms with E-state index in [1.807, 2.05) is 0 Å². The molecule has 0 saturated carbocycles. The first kappa shape index (κ1) is 16.1. The van der Waals surface area contributed by atoms with Gasteiger partial charge < -0.3 is 14.2 Å². The van der Waals surface area contributed by atoms with Gasteiger partial charge in [-0.25, -0.2) is 0 Å². The van der Waals surface area contributed by atoms with Crippen molar-refractivity contribution in [3.05, 3.63) is 68.8 Å². The predicted molar refractivity (Wildman–Crippen MR) is 90.0 cm³/mol. The molecule has 1 saturated heterocycles. The van der Waals surface area contributed by atoms with Crippen LogP contribution >= 0.6 is 8.45 Å². The summed E-state index contributed by atoms with van der Waals surface area (Å²) >= 11 is 0. The molecule has 0 radical (unpaired) electrons. The van der Waals surface area contributed by atoms with Crippen molar-refractivity contribution in [2.75, 3.05) is 22.4 Å². The molecule has 2 aromatic rings. The van der Waals surface area contributed by atoms with Crippen molar-refractivity contribution < 1.29 is 14.7 Å². The minimum absolute atomic E-state index is 0.00700. The summed E-state index contributed by atoms with van der Waals surface area (Å²) < 4.78 is 3.53. The zero-order valence-corrected chi connectivity index (χ0v) is 13.2. The standard InChI is InChI=1S/C14H13N4O5P/c19-17(20)13-5-1-11(2-6-13)15-9-10-16(24(15)23)12-3-7-14(8-4-12)18(21)22/h1-8,23H,9-10H2. The second kappa shape index (κ2) is 6.38. The molecule has 10 heteroatoms. The number of benzene rings is 2. The Bertz CT molecular complexity index is 702. The number of nitro groups is 2. The summed E-state index contributed by atoms with van der Waals surface area (Å²) in [5.74, 6) is 0. The van der Waals surface area contributed by atoms with E-state index in [0.717, 1.165) is 0 Å². The maximum atomic E-state index is 10.7. The monoisotopic (exact) mass is 348 g/mol. The molecule has 3 rings (SSSR count). The van der Waals surface area contributed by atoms with Crippen molar-refractivity contribution in [1.29, 1.82) is 0 Å². The number of non-ortho nitro benzene ring substituents is 2. The van der Waals surface area contributed by atoms with Crippen molar-refractivity contribution in [2.24, 2.45) is 0 Å². The summed E-state index contributed by atoms with van der Waals surface area (Å²) in [6, 6.07) is 12.0. The topological polar surface area (TPSA) is 113 Å². The first-order valence-electron chi connectivity index (χ1n) is 7.00. The molecule has 0 atom stereocenters. The smallest absolute Gasteiger partial charge is 0.269 e. The summed E-state index contributed by atoms with van der Waals surface area (Å²) in [6.45, 7) is 1.11. The van der Waals surface area contributed by atoms with Crippen molar-refractivity contribution in [1.82, 2.24) is 0 Å². The number of nitro benzene ring substituents is 2. The maximum Gasteiger partial charge on any atom is 0.269 e. The lowest BCUT2D eigenvalue weighted by Crippen LogP contribution is -2.13. The van der Waals surface area contributed by atoms with Gasteiger partial charge in [-0.2, -0.15) is 0 Å². The zero-order chi connectivity index (χ0) is 17.3. The van der Waals surface area contributed by atoms with Gasteiger partial charge in [0.1, 0.15) is 0 Å². The van der Waals surface area contributed by atoms with Gasteiger partial charge in [-0.15, -0.1) is 0 Å². The molecule has 1 fully saturated rings. The highest BCUT2D eigenvalue weighted by Gasteiger charge is 2.32. The van der Waals surface area contributed by atoms with Gasteiger partial charge in [0.25, 0.3) is 11.4 Å². The lowest BCUT2D eigenvalue weighted by Gasteiger charge is -2.26. The third-order valence-electron chi connectivity index (χ3n) is 3.67. The van der Waals surface area contributed by atoms with Gasteiger partial charge >= 0.3 is 0 Å². The van der Waals surface area contributed by atoms with Gasteiger partial charge in [-0.3, -0.25) is 20.2 Å². The molecule has 24 heavy (non-hydrogen) atoms. The largest absolute Gasteiger partial charge is 0.338 e. The van der Waals surface area contributed by atoms with Gasteiger partial charge in [-0.05, 0) is 24.3 Å². The van der Waals surface area contributed by atoms with E-state index < -0.39 is 18.3 Å². The third-order valence-corrected chi connectivity index (χ3v) is 5.40. The van der Waals surface area contributed by atoms with Crippen LogP contribution in [0.25, 0.3) is 0 Å². The predicted octanol–water partition coefficient (Wildman–Crippen LogP) is 3.05. The molecular weight excluding hydrogens is 335 g/mol. The van der Waals surface area contributed by atoms with Crippen LogP contribution in [0.1, 0.15) is 0 Å². The Hall–Kier alpha value is -2.77. The van der Waals surface area contributed by atoms with Crippen LogP contribution in [-0.4, -0.2) is 27.8 Å². The van der Waals surface area contributed by atoms with Gasteiger partial charge in [0.05, 0.1) is 9.85 Å². The lowest BCUT2D eigenvalue weighted by atomic mass is 10.3. The second-order valence-electron chi connectivity index (χ2n) is 5.06. The Labute approximate surface area is 138 Å². The van der Waals surface area contributed by atoms with Crippen LogP contribution in [0.3, 0.4) is 0 Å². The van der Waals surface area contributed by atoms with Crippen LogP contribution in [0.4, 0.5) is 22.7 Å². The van der Waals surface area contributed by atoms with Crippen molar-refractivity contribution in [3.8, 4) is 0 Å². The summed E-state index contributed by atoms with van der Waals surface area (Å²) in [5, 5.41) is 21.4. The molecule has 0 unspecified atom stereocenters. The second-order valence-corrected chi connectivity index (χ2v) is 6.56. The van der Waals surface area contributed by atoms with E-state index in [-0.39, 0.29) is 11.4 Å². The average Bonchev–Trinajstić information content (AvgIpc) is 2.96. The Morgan fingerprint density at radius 1 is 0.792 bits per heavy atom. The van der Waals surface area contributed by atoms with Gasteiger partial charge in [-0.1, -0.05) is 0 Å². The Morgan fingerprint density at radius 3 is 1.42 bits per heavy atom. The third kappa shape index (κ3) is 2.99. The molecule has 0 spiro atoms. The first-order chi connectivity index (χ1) is 11.5. The number of hydrogen-bond donors (Lipinski definition) is 1. The first-order valence-corrected chi connectivity index (χ1v) is 8.20. The molecule has 1 aliphatic rings. The van der Waals surface area contributed by atoms with Crippen LogP contribution in [-0.2, 0) is 0 Å². The summed E-state index contributed by atoms with van der Waals surface area (Å²) in [4.78, 5) is 31.0. The van der Waals surface area contributed by atoms with E-state index in [9.17, 15) is 25.1 Å². The van der Waals surface area contributed by atoms with E-state index in [0.29, 0.717) is 24.5 Å². The number of rotatable bonds is 4.